The van der Waals surface area contributed by atoms with Gasteiger partial charge in [-0.25, -0.2) is 4.39 Å². The van der Waals surface area contributed by atoms with E-state index in [1.807, 2.05) is 66.9 Å². The van der Waals surface area contributed by atoms with Gasteiger partial charge in [0.1, 0.15) is 5.82 Å². The molecule has 0 radical (unpaired) electrons. The van der Waals surface area contributed by atoms with Crippen LogP contribution in [0.1, 0.15) is 22.5 Å². The van der Waals surface area contributed by atoms with Crippen LogP contribution in [0.5, 0.6) is 0 Å². The summed E-state index contributed by atoms with van der Waals surface area (Å²) in [6.07, 6.45) is 0. The second kappa shape index (κ2) is 11.0. The largest absolute Gasteiger partial charge is 0.378 e. The molecular formula is C26H26FN5OS. The number of halogens is 1. The van der Waals surface area contributed by atoms with Crippen LogP contribution in [0.2, 0.25) is 0 Å². The normalized spacial score (nSPS) is 10.8. The van der Waals surface area contributed by atoms with Crippen molar-refractivity contribution in [1.82, 2.24) is 14.8 Å². The molecule has 1 amide bonds. The van der Waals surface area contributed by atoms with Gasteiger partial charge >= 0.3 is 0 Å². The smallest absolute Gasteiger partial charge is 0.234 e. The first kappa shape index (κ1) is 23.5. The molecule has 0 aliphatic rings. The monoisotopic (exact) mass is 475 g/mol. The number of aryl methyl sites for hydroxylation is 2. The fraction of sp³-hybridized carbons (Fsp3) is 0.192. The van der Waals surface area contributed by atoms with E-state index in [2.05, 4.69) is 20.8 Å². The Morgan fingerprint density at radius 3 is 2.50 bits per heavy atom. The highest BCUT2D eigenvalue weighted by molar-refractivity contribution is 7.99. The van der Waals surface area contributed by atoms with Crippen LogP contribution in [0.15, 0.2) is 78.0 Å². The third-order valence-corrected chi connectivity index (χ3v) is 6.23. The SMILES string of the molecule is Cc1ccc(NC(=O)CSc2nnc(CNc3ccc(F)cc3)n2Cc2ccccc2)c(C)c1. The van der Waals surface area contributed by atoms with Gasteiger partial charge < -0.3 is 15.2 Å². The van der Waals surface area contributed by atoms with E-state index in [0.717, 1.165) is 33.9 Å². The molecule has 6 nitrogen and oxygen atoms in total. The number of thioether (sulfide) groups is 1. The summed E-state index contributed by atoms with van der Waals surface area (Å²) in [5.74, 6) is 0.560. The van der Waals surface area contributed by atoms with Gasteiger partial charge in [0, 0.05) is 11.4 Å². The van der Waals surface area contributed by atoms with E-state index >= 15 is 0 Å². The molecule has 0 saturated carbocycles. The number of nitrogens with zero attached hydrogens (tertiary/aromatic N) is 3. The minimum Gasteiger partial charge on any atom is -0.378 e. The Morgan fingerprint density at radius 1 is 1.00 bits per heavy atom. The number of aromatic nitrogens is 3. The second-order valence-corrected chi connectivity index (χ2v) is 8.93. The van der Waals surface area contributed by atoms with Crippen LogP contribution in [-0.2, 0) is 17.9 Å². The van der Waals surface area contributed by atoms with Crippen molar-refractivity contribution < 1.29 is 9.18 Å². The van der Waals surface area contributed by atoms with Gasteiger partial charge in [-0.1, -0.05) is 59.8 Å². The van der Waals surface area contributed by atoms with Crippen LogP contribution < -0.4 is 10.6 Å². The van der Waals surface area contributed by atoms with Crippen LogP contribution >= 0.6 is 11.8 Å². The molecule has 0 atom stereocenters. The maximum atomic E-state index is 13.2. The summed E-state index contributed by atoms with van der Waals surface area (Å²) < 4.78 is 15.2. The first-order valence-corrected chi connectivity index (χ1v) is 11.9. The zero-order valence-corrected chi connectivity index (χ0v) is 19.9. The zero-order chi connectivity index (χ0) is 23.9. The number of anilines is 2. The number of hydrogen-bond acceptors (Lipinski definition) is 5. The average Bonchev–Trinajstić information content (AvgIpc) is 3.21. The Labute approximate surface area is 202 Å². The molecule has 0 spiro atoms. The Hall–Kier alpha value is -3.65. The third-order valence-electron chi connectivity index (χ3n) is 5.26. The Bertz CT molecular complexity index is 1260. The molecule has 3 aromatic carbocycles. The molecule has 0 aliphatic carbocycles. The highest BCUT2D eigenvalue weighted by Gasteiger charge is 2.15. The van der Waals surface area contributed by atoms with Gasteiger partial charge in [0.05, 0.1) is 18.8 Å². The summed E-state index contributed by atoms with van der Waals surface area (Å²) in [6, 6.07) is 22.1. The molecule has 0 unspecified atom stereocenters. The maximum Gasteiger partial charge on any atom is 0.234 e. The van der Waals surface area contributed by atoms with E-state index in [-0.39, 0.29) is 17.5 Å². The first-order chi connectivity index (χ1) is 16.5. The Balaban J connectivity index is 1.46. The zero-order valence-electron chi connectivity index (χ0n) is 19.1. The van der Waals surface area contributed by atoms with Crippen LogP contribution in [0.3, 0.4) is 0 Å². The van der Waals surface area contributed by atoms with Crippen LogP contribution in [0.25, 0.3) is 0 Å². The lowest BCUT2D eigenvalue weighted by molar-refractivity contribution is -0.113. The molecule has 1 aromatic heterocycles. The van der Waals surface area contributed by atoms with Crippen molar-refractivity contribution in [2.45, 2.75) is 32.1 Å². The number of amides is 1. The quantitative estimate of drug-likeness (QED) is 0.316. The van der Waals surface area contributed by atoms with Gasteiger partial charge in [0.15, 0.2) is 11.0 Å². The van der Waals surface area contributed by atoms with Crippen molar-refractivity contribution in [3.8, 4) is 0 Å². The van der Waals surface area contributed by atoms with E-state index in [1.54, 1.807) is 12.1 Å². The maximum absolute atomic E-state index is 13.2. The number of carbonyl (C=O) groups excluding carboxylic acids is 1. The number of benzene rings is 3. The number of nitrogens with one attached hydrogen (secondary N) is 2. The van der Waals surface area contributed by atoms with Gasteiger partial charge in [-0.15, -0.1) is 10.2 Å². The Kier molecular flexibility index (Phi) is 7.59. The van der Waals surface area contributed by atoms with Gasteiger partial charge in [-0.05, 0) is 55.3 Å². The molecule has 174 valence electrons. The minimum absolute atomic E-state index is 0.0998. The Morgan fingerprint density at radius 2 is 1.76 bits per heavy atom. The van der Waals surface area contributed by atoms with Crippen molar-refractivity contribution in [1.29, 1.82) is 0 Å². The summed E-state index contributed by atoms with van der Waals surface area (Å²) >= 11 is 1.35. The highest BCUT2D eigenvalue weighted by atomic mass is 32.2. The fourth-order valence-electron chi connectivity index (χ4n) is 3.50. The van der Waals surface area contributed by atoms with Crippen LogP contribution in [-0.4, -0.2) is 26.4 Å². The van der Waals surface area contributed by atoms with Crippen molar-refractivity contribution in [2.75, 3.05) is 16.4 Å². The second-order valence-electron chi connectivity index (χ2n) is 7.99. The molecule has 0 bridgehead atoms. The van der Waals surface area contributed by atoms with E-state index in [0.29, 0.717) is 18.2 Å². The van der Waals surface area contributed by atoms with Gasteiger partial charge in [-0.2, -0.15) is 0 Å². The molecule has 0 saturated heterocycles. The molecule has 4 rings (SSSR count). The van der Waals surface area contributed by atoms with Gasteiger partial charge in [0.25, 0.3) is 0 Å². The number of carbonyl (C=O) groups is 1. The highest BCUT2D eigenvalue weighted by Crippen LogP contribution is 2.21. The predicted octanol–water partition coefficient (Wildman–Crippen LogP) is 5.43. The van der Waals surface area contributed by atoms with Gasteiger partial charge in [-0.3, -0.25) is 4.79 Å². The van der Waals surface area contributed by atoms with Crippen LogP contribution in [0, 0.1) is 19.7 Å². The lowest BCUT2D eigenvalue weighted by Gasteiger charge is -2.12. The van der Waals surface area contributed by atoms with E-state index < -0.39 is 0 Å². The lowest BCUT2D eigenvalue weighted by atomic mass is 10.1. The molecule has 2 N–H and O–H groups in total. The van der Waals surface area contributed by atoms with E-state index in [1.165, 1.54) is 23.9 Å². The van der Waals surface area contributed by atoms with Crippen molar-refractivity contribution in [2.24, 2.45) is 0 Å². The fourth-order valence-corrected chi connectivity index (χ4v) is 4.26. The summed E-state index contributed by atoms with van der Waals surface area (Å²) in [4.78, 5) is 12.6. The summed E-state index contributed by atoms with van der Waals surface area (Å²) in [7, 11) is 0. The molecule has 4 aromatic rings. The number of rotatable bonds is 9. The predicted molar refractivity (Wildman–Crippen MR) is 135 cm³/mol. The third kappa shape index (κ3) is 6.23. The first-order valence-electron chi connectivity index (χ1n) is 10.9. The summed E-state index contributed by atoms with van der Waals surface area (Å²) in [5.41, 5.74) is 4.89. The van der Waals surface area contributed by atoms with Crippen LogP contribution in [0.4, 0.5) is 15.8 Å². The lowest BCUT2D eigenvalue weighted by Crippen LogP contribution is -2.16. The topological polar surface area (TPSA) is 71.8 Å². The van der Waals surface area contributed by atoms with Crippen molar-refractivity contribution >= 4 is 29.0 Å². The molecule has 0 fully saturated rings. The molecule has 1 heterocycles. The standard InChI is InChI=1S/C26H26FN5OS/c1-18-8-13-23(19(2)14-18)29-25(33)17-34-26-31-30-24(15-28-22-11-9-21(27)10-12-22)32(26)16-20-6-4-3-5-7-20/h3-14,28H,15-17H2,1-2H3,(H,29,33). The van der Waals surface area contributed by atoms with E-state index in [9.17, 15) is 9.18 Å². The molecule has 8 heteroatoms. The van der Waals surface area contributed by atoms with Gasteiger partial charge in [0.2, 0.25) is 5.91 Å². The summed E-state index contributed by atoms with van der Waals surface area (Å²) in [6.45, 7) is 5.00. The average molecular weight is 476 g/mol. The summed E-state index contributed by atoms with van der Waals surface area (Å²) in [5, 5.41) is 15.6. The molecular weight excluding hydrogens is 449 g/mol. The van der Waals surface area contributed by atoms with Crippen molar-refractivity contribution in [3.05, 3.63) is 101 Å². The molecule has 0 aliphatic heterocycles. The van der Waals surface area contributed by atoms with Crippen molar-refractivity contribution in [3.63, 3.8) is 0 Å². The van der Waals surface area contributed by atoms with E-state index in [4.69, 9.17) is 0 Å². The minimum atomic E-state index is -0.282. The number of hydrogen-bond donors (Lipinski definition) is 2. The molecule has 34 heavy (non-hydrogen) atoms.